The number of aliphatic imine (C=N–C) groups is 1. The highest BCUT2D eigenvalue weighted by Crippen LogP contribution is 2.35. The van der Waals surface area contributed by atoms with Crippen molar-refractivity contribution in [2.75, 3.05) is 0 Å². The molecule has 130 valence electrons. The summed E-state index contributed by atoms with van der Waals surface area (Å²) in [5.41, 5.74) is 1.53. The Morgan fingerprint density at radius 2 is 1.77 bits per heavy atom. The van der Waals surface area contributed by atoms with Crippen molar-refractivity contribution >= 4 is 34.4 Å². The predicted molar refractivity (Wildman–Crippen MR) is 96.0 cm³/mol. The third-order valence-electron chi connectivity index (χ3n) is 4.04. The van der Waals surface area contributed by atoms with Crippen molar-refractivity contribution in [2.24, 2.45) is 4.99 Å². The molecule has 0 bridgehead atoms. The number of aliphatic hydroxyl groups excluding tert-OH is 1. The molecule has 3 rings (SSSR count). The quantitative estimate of drug-likeness (QED) is 0.512. The Morgan fingerprint density at radius 1 is 1.04 bits per heavy atom. The molecule has 26 heavy (non-hydrogen) atoms. The van der Waals surface area contributed by atoms with Gasteiger partial charge >= 0.3 is 0 Å². The van der Waals surface area contributed by atoms with E-state index in [1.807, 2.05) is 0 Å². The first kappa shape index (κ1) is 17.2. The van der Waals surface area contributed by atoms with Crippen LogP contribution in [0.25, 0.3) is 5.76 Å². The number of nitro groups is 1. The molecule has 0 atom stereocenters. The van der Waals surface area contributed by atoms with Gasteiger partial charge in [-0.25, -0.2) is 4.99 Å². The second kappa shape index (κ2) is 6.36. The van der Waals surface area contributed by atoms with Crippen LogP contribution in [0.1, 0.15) is 35.3 Å². The molecule has 0 heterocycles. The lowest BCUT2D eigenvalue weighted by Crippen LogP contribution is -2.08. The van der Waals surface area contributed by atoms with E-state index in [-0.39, 0.29) is 34.1 Å². The predicted octanol–water partition coefficient (Wildman–Crippen LogP) is 3.79. The maximum Gasteiger partial charge on any atom is 0.270 e. The fourth-order valence-corrected chi connectivity index (χ4v) is 2.80. The molecular formula is C19H14N2O5. The van der Waals surface area contributed by atoms with E-state index in [4.69, 9.17) is 0 Å². The Balaban J connectivity index is 2.21. The van der Waals surface area contributed by atoms with Crippen molar-refractivity contribution < 1.29 is 19.6 Å². The summed E-state index contributed by atoms with van der Waals surface area (Å²) >= 11 is 0. The fourth-order valence-electron chi connectivity index (χ4n) is 2.80. The number of carbonyl (C=O) groups is 2. The number of nitrogens with zero attached hydrogens (tertiary/aromatic N) is 2. The van der Waals surface area contributed by atoms with E-state index in [1.54, 1.807) is 24.3 Å². The van der Waals surface area contributed by atoms with Crippen LogP contribution >= 0.6 is 0 Å². The molecule has 1 aliphatic rings. The van der Waals surface area contributed by atoms with Crippen LogP contribution < -0.4 is 0 Å². The third-order valence-corrected chi connectivity index (χ3v) is 4.04. The van der Waals surface area contributed by atoms with E-state index in [0.717, 1.165) is 0 Å². The summed E-state index contributed by atoms with van der Waals surface area (Å²) in [5, 5.41) is 21.4. The Kier molecular flexibility index (Phi) is 4.21. The van der Waals surface area contributed by atoms with Crippen LogP contribution in [-0.2, 0) is 4.79 Å². The van der Waals surface area contributed by atoms with Gasteiger partial charge in [-0.2, -0.15) is 0 Å². The van der Waals surface area contributed by atoms with Gasteiger partial charge in [-0.1, -0.05) is 12.1 Å². The SMILES string of the molecule is CC(=O)C1=C(O)c2cc([N+](=O)[O-])ccc2C1=Nc1cccc(C(C)=O)c1. The van der Waals surface area contributed by atoms with Crippen molar-refractivity contribution in [2.45, 2.75) is 13.8 Å². The number of Topliss-reactive ketones (excluding diaryl/α,β-unsaturated/α-hetero) is 2. The first-order chi connectivity index (χ1) is 12.3. The van der Waals surface area contributed by atoms with Crippen molar-refractivity contribution in [3.63, 3.8) is 0 Å². The van der Waals surface area contributed by atoms with Gasteiger partial charge < -0.3 is 5.11 Å². The molecule has 2 aromatic carbocycles. The second-order valence-corrected chi connectivity index (χ2v) is 5.83. The molecule has 7 nitrogen and oxygen atoms in total. The lowest BCUT2D eigenvalue weighted by atomic mass is 10.0. The van der Waals surface area contributed by atoms with E-state index in [0.29, 0.717) is 16.8 Å². The van der Waals surface area contributed by atoms with Crippen molar-refractivity contribution in [3.05, 3.63) is 74.8 Å². The zero-order valence-electron chi connectivity index (χ0n) is 14.0. The number of nitro benzene ring substituents is 1. The van der Waals surface area contributed by atoms with Crippen LogP contribution in [-0.4, -0.2) is 27.3 Å². The largest absolute Gasteiger partial charge is 0.506 e. The number of carbonyl (C=O) groups excluding carboxylic acids is 2. The van der Waals surface area contributed by atoms with E-state index < -0.39 is 10.7 Å². The Labute approximate surface area is 148 Å². The topological polar surface area (TPSA) is 110 Å². The first-order valence-electron chi connectivity index (χ1n) is 7.73. The summed E-state index contributed by atoms with van der Waals surface area (Å²) in [7, 11) is 0. The smallest absolute Gasteiger partial charge is 0.270 e. The van der Waals surface area contributed by atoms with Crippen LogP contribution in [0.2, 0.25) is 0 Å². The average Bonchev–Trinajstić information content (AvgIpc) is 2.87. The Morgan fingerprint density at radius 3 is 2.38 bits per heavy atom. The standard InChI is InChI=1S/C19H14N2O5/c1-10(22)12-4-3-5-13(8-12)20-18-15-7-6-14(21(25)26)9-16(15)19(24)17(18)11(2)23/h3-9,24H,1-2H3. The van der Waals surface area contributed by atoms with Crippen molar-refractivity contribution in [1.29, 1.82) is 0 Å². The highest BCUT2D eigenvalue weighted by Gasteiger charge is 2.32. The normalized spacial score (nSPS) is 14.5. The third kappa shape index (κ3) is 2.90. The number of hydrogen-bond acceptors (Lipinski definition) is 6. The molecule has 0 saturated carbocycles. The minimum atomic E-state index is -0.577. The van der Waals surface area contributed by atoms with E-state index in [2.05, 4.69) is 4.99 Å². The Hall–Kier alpha value is -3.61. The zero-order chi connectivity index (χ0) is 19.0. The lowest BCUT2D eigenvalue weighted by Gasteiger charge is -2.04. The first-order valence-corrected chi connectivity index (χ1v) is 7.73. The molecule has 0 saturated heterocycles. The van der Waals surface area contributed by atoms with Gasteiger partial charge in [-0.15, -0.1) is 0 Å². The summed E-state index contributed by atoms with van der Waals surface area (Å²) < 4.78 is 0. The highest BCUT2D eigenvalue weighted by molar-refractivity contribution is 6.36. The molecule has 0 aromatic heterocycles. The molecule has 2 aromatic rings. The number of fused-ring (bicyclic) bond motifs is 1. The number of rotatable bonds is 4. The number of allylic oxidation sites excluding steroid dienone is 1. The molecule has 1 N–H and O–H groups in total. The van der Waals surface area contributed by atoms with E-state index in [9.17, 15) is 24.8 Å². The fraction of sp³-hybridized carbons (Fsp3) is 0.105. The summed E-state index contributed by atoms with van der Waals surface area (Å²) in [4.78, 5) is 38.4. The summed E-state index contributed by atoms with van der Waals surface area (Å²) in [6, 6.07) is 10.5. The molecule has 0 aliphatic heterocycles. The number of ketones is 2. The van der Waals surface area contributed by atoms with E-state index in [1.165, 1.54) is 32.0 Å². The molecular weight excluding hydrogens is 336 g/mol. The van der Waals surface area contributed by atoms with Gasteiger partial charge in [0.25, 0.3) is 5.69 Å². The molecule has 0 radical (unpaired) electrons. The van der Waals surface area contributed by atoms with E-state index >= 15 is 0 Å². The summed E-state index contributed by atoms with van der Waals surface area (Å²) in [6.07, 6.45) is 0. The van der Waals surface area contributed by atoms with Crippen LogP contribution in [0.4, 0.5) is 11.4 Å². The van der Waals surface area contributed by atoms with Crippen LogP contribution in [0.5, 0.6) is 0 Å². The number of benzene rings is 2. The van der Waals surface area contributed by atoms with Gasteiger partial charge in [-0.3, -0.25) is 19.7 Å². The molecule has 1 aliphatic carbocycles. The number of aliphatic hydroxyl groups is 1. The summed E-state index contributed by atoms with van der Waals surface area (Å²) in [5.74, 6) is -0.875. The number of non-ortho nitro benzene ring substituents is 1. The lowest BCUT2D eigenvalue weighted by molar-refractivity contribution is -0.384. The van der Waals surface area contributed by atoms with Gasteiger partial charge in [0, 0.05) is 28.8 Å². The molecule has 7 heteroatoms. The highest BCUT2D eigenvalue weighted by atomic mass is 16.6. The second-order valence-electron chi connectivity index (χ2n) is 5.83. The van der Waals surface area contributed by atoms with Gasteiger partial charge in [0.15, 0.2) is 11.6 Å². The van der Waals surface area contributed by atoms with Crippen molar-refractivity contribution in [1.82, 2.24) is 0 Å². The molecule has 0 fully saturated rings. The van der Waals surface area contributed by atoms with Crippen LogP contribution in [0, 0.1) is 10.1 Å². The Bertz CT molecular complexity index is 1030. The monoisotopic (exact) mass is 350 g/mol. The summed E-state index contributed by atoms with van der Waals surface area (Å²) in [6.45, 7) is 2.72. The van der Waals surface area contributed by atoms with Gasteiger partial charge in [0.2, 0.25) is 0 Å². The van der Waals surface area contributed by atoms with Crippen LogP contribution in [0.3, 0.4) is 0 Å². The number of hydrogen-bond donors (Lipinski definition) is 1. The zero-order valence-corrected chi connectivity index (χ0v) is 14.0. The van der Waals surface area contributed by atoms with Gasteiger partial charge in [0.1, 0.15) is 5.76 Å². The minimum Gasteiger partial charge on any atom is -0.506 e. The van der Waals surface area contributed by atoms with Crippen LogP contribution in [0.15, 0.2) is 53.0 Å². The molecule has 0 amide bonds. The van der Waals surface area contributed by atoms with Gasteiger partial charge in [-0.05, 0) is 32.0 Å². The molecule has 0 unspecified atom stereocenters. The molecule has 0 spiro atoms. The maximum absolute atomic E-state index is 12.0. The van der Waals surface area contributed by atoms with Crippen molar-refractivity contribution in [3.8, 4) is 0 Å². The minimum absolute atomic E-state index is 0.00581. The maximum atomic E-state index is 12.0. The van der Waals surface area contributed by atoms with Gasteiger partial charge in [0.05, 0.1) is 21.9 Å². The average molecular weight is 350 g/mol.